The van der Waals surface area contributed by atoms with Gasteiger partial charge in [0.15, 0.2) is 0 Å². The minimum atomic E-state index is 0.255. The Hall–Kier alpha value is 0.240. The number of rotatable bonds is 1. The molecule has 0 saturated carbocycles. The maximum atomic E-state index is 3.35. The molecular formula is C5H5Br2N. The third-order valence-electron chi connectivity index (χ3n) is 0.857. The average molecular weight is 239 g/mol. The zero-order chi connectivity index (χ0) is 5.98. The molecule has 0 bridgehead atoms. The van der Waals surface area contributed by atoms with Gasteiger partial charge in [0, 0.05) is 11.9 Å². The molecule has 0 aliphatic rings. The SMILES string of the molecule is BrC(Br)c1ccc[nH]1. The number of aromatic nitrogens is 1. The number of H-pyrrole nitrogens is 1. The molecule has 1 heterocycles. The van der Waals surface area contributed by atoms with E-state index >= 15 is 0 Å². The zero-order valence-electron chi connectivity index (χ0n) is 4.07. The predicted molar refractivity (Wildman–Crippen MR) is 41.4 cm³/mol. The van der Waals surface area contributed by atoms with Crippen LogP contribution < -0.4 is 0 Å². The lowest BCUT2D eigenvalue weighted by atomic mass is 10.5. The van der Waals surface area contributed by atoms with E-state index in [-0.39, 0.29) is 3.74 Å². The molecule has 1 nitrogen and oxygen atoms in total. The number of aromatic amines is 1. The van der Waals surface area contributed by atoms with E-state index in [0.29, 0.717) is 0 Å². The highest BCUT2D eigenvalue weighted by molar-refractivity contribution is 9.24. The van der Waals surface area contributed by atoms with Crippen molar-refractivity contribution < 1.29 is 0 Å². The van der Waals surface area contributed by atoms with Crippen LogP contribution >= 0.6 is 31.9 Å². The molecule has 0 atom stereocenters. The molecule has 0 saturated heterocycles. The van der Waals surface area contributed by atoms with E-state index in [1.807, 2.05) is 18.3 Å². The van der Waals surface area contributed by atoms with Crippen LogP contribution in [0.5, 0.6) is 0 Å². The first-order chi connectivity index (χ1) is 3.80. The molecule has 1 aromatic heterocycles. The Balaban J connectivity index is 2.77. The second-order valence-corrected chi connectivity index (χ2v) is 4.49. The van der Waals surface area contributed by atoms with Crippen molar-refractivity contribution in [3.63, 3.8) is 0 Å². The molecule has 3 heteroatoms. The lowest BCUT2D eigenvalue weighted by molar-refractivity contribution is 1.24. The van der Waals surface area contributed by atoms with Gasteiger partial charge in [0.05, 0.1) is 0 Å². The predicted octanol–water partition coefficient (Wildman–Crippen LogP) is 2.80. The van der Waals surface area contributed by atoms with E-state index in [1.54, 1.807) is 0 Å². The normalized spacial score (nSPS) is 10.4. The second-order valence-electron chi connectivity index (χ2n) is 1.43. The molecule has 8 heavy (non-hydrogen) atoms. The molecule has 0 unspecified atom stereocenters. The Morgan fingerprint density at radius 1 is 1.50 bits per heavy atom. The van der Waals surface area contributed by atoms with E-state index in [9.17, 15) is 0 Å². The Bertz CT molecular complexity index is 145. The van der Waals surface area contributed by atoms with Gasteiger partial charge < -0.3 is 4.98 Å². The Morgan fingerprint density at radius 2 is 2.25 bits per heavy atom. The number of alkyl halides is 2. The maximum Gasteiger partial charge on any atom is 0.109 e. The number of nitrogens with one attached hydrogen (secondary N) is 1. The van der Waals surface area contributed by atoms with Gasteiger partial charge >= 0.3 is 0 Å². The molecule has 0 radical (unpaired) electrons. The van der Waals surface area contributed by atoms with Crippen molar-refractivity contribution in [2.75, 3.05) is 0 Å². The summed E-state index contributed by atoms with van der Waals surface area (Å²) in [5.41, 5.74) is 1.14. The Morgan fingerprint density at radius 3 is 2.50 bits per heavy atom. The van der Waals surface area contributed by atoms with Crippen molar-refractivity contribution in [1.82, 2.24) is 4.98 Å². The van der Waals surface area contributed by atoms with Gasteiger partial charge in [-0.2, -0.15) is 0 Å². The summed E-state index contributed by atoms with van der Waals surface area (Å²) >= 11 is 6.69. The van der Waals surface area contributed by atoms with Crippen molar-refractivity contribution in [2.24, 2.45) is 0 Å². The van der Waals surface area contributed by atoms with Crippen LogP contribution in [0, 0.1) is 0 Å². The summed E-state index contributed by atoms with van der Waals surface area (Å²) in [6.07, 6.45) is 1.89. The van der Waals surface area contributed by atoms with Crippen molar-refractivity contribution >= 4 is 31.9 Å². The summed E-state index contributed by atoms with van der Waals surface area (Å²) in [5.74, 6) is 0. The Labute approximate surface area is 64.7 Å². The molecular weight excluding hydrogens is 234 g/mol. The highest BCUT2D eigenvalue weighted by Crippen LogP contribution is 2.26. The summed E-state index contributed by atoms with van der Waals surface area (Å²) in [6, 6.07) is 3.97. The fourth-order valence-electron chi connectivity index (χ4n) is 0.480. The number of hydrogen-bond donors (Lipinski definition) is 1. The van der Waals surface area contributed by atoms with E-state index < -0.39 is 0 Å². The lowest BCUT2D eigenvalue weighted by Crippen LogP contribution is -1.75. The fraction of sp³-hybridized carbons (Fsp3) is 0.200. The van der Waals surface area contributed by atoms with E-state index in [1.165, 1.54) is 0 Å². The van der Waals surface area contributed by atoms with Crippen molar-refractivity contribution in [2.45, 2.75) is 3.74 Å². The minimum absolute atomic E-state index is 0.255. The average Bonchev–Trinajstić information content (AvgIpc) is 2.12. The monoisotopic (exact) mass is 237 g/mol. The quantitative estimate of drug-likeness (QED) is 0.725. The van der Waals surface area contributed by atoms with Crippen LogP contribution in [0.4, 0.5) is 0 Å². The van der Waals surface area contributed by atoms with Gasteiger partial charge in [-0.15, -0.1) is 0 Å². The van der Waals surface area contributed by atoms with Crippen molar-refractivity contribution in [3.8, 4) is 0 Å². The largest absolute Gasteiger partial charge is 0.363 e. The van der Waals surface area contributed by atoms with Gasteiger partial charge in [-0.05, 0) is 12.1 Å². The van der Waals surface area contributed by atoms with Crippen LogP contribution in [0.15, 0.2) is 18.3 Å². The molecule has 1 rings (SSSR count). The molecule has 1 N–H and O–H groups in total. The molecule has 44 valence electrons. The summed E-state index contributed by atoms with van der Waals surface area (Å²) in [5, 5.41) is 0. The van der Waals surface area contributed by atoms with Gasteiger partial charge in [-0.3, -0.25) is 0 Å². The molecule has 1 aromatic rings. The summed E-state index contributed by atoms with van der Waals surface area (Å²) in [4.78, 5) is 3.04. The van der Waals surface area contributed by atoms with Gasteiger partial charge in [0.25, 0.3) is 0 Å². The maximum absolute atomic E-state index is 3.35. The van der Waals surface area contributed by atoms with Crippen LogP contribution in [0.3, 0.4) is 0 Å². The standard InChI is InChI=1S/C5H5Br2N/c6-5(7)4-2-1-3-8-4/h1-3,5,8H. The zero-order valence-corrected chi connectivity index (χ0v) is 7.24. The van der Waals surface area contributed by atoms with Gasteiger partial charge in [0.1, 0.15) is 3.74 Å². The molecule has 0 aliphatic carbocycles. The molecule has 0 aromatic carbocycles. The van der Waals surface area contributed by atoms with E-state index in [2.05, 4.69) is 36.8 Å². The van der Waals surface area contributed by atoms with Crippen LogP contribution in [0.1, 0.15) is 9.43 Å². The summed E-state index contributed by atoms with van der Waals surface area (Å²) < 4.78 is 0.255. The topological polar surface area (TPSA) is 15.8 Å². The van der Waals surface area contributed by atoms with Crippen LogP contribution in [0.25, 0.3) is 0 Å². The smallest absolute Gasteiger partial charge is 0.109 e. The number of halogens is 2. The van der Waals surface area contributed by atoms with Crippen LogP contribution in [-0.4, -0.2) is 4.98 Å². The first-order valence-electron chi connectivity index (χ1n) is 2.22. The fourth-order valence-corrected chi connectivity index (χ4v) is 1.05. The molecule has 0 amide bonds. The summed E-state index contributed by atoms with van der Waals surface area (Å²) in [6.45, 7) is 0. The molecule has 0 fully saturated rings. The minimum Gasteiger partial charge on any atom is -0.363 e. The second kappa shape index (κ2) is 2.69. The van der Waals surface area contributed by atoms with Gasteiger partial charge in [-0.1, -0.05) is 31.9 Å². The van der Waals surface area contributed by atoms with Gasteiger partial charge in [0.2, 0.25) is 0 Å². The third kappa shape index (κ3) is 1.36. The van der Waals surface area contributed by atoms with Crippen LogP contribution in [-0.2, 0) is 0 Å². The highest BCUT2D eigenvalue weighted by atomic mass is 79.9. The third-order valence-corrected chi connectivity index (χ3v) is 1.84. The Kier molecular flexibility index (Phi) is 2.14. The van der Waals surface area contributed by atoms with E-state index in [0.717, 1.165) is 5.69 Å². The molecule has 0 aliphatic heterocycles. The molecule has 0 spiro atoms. The first kappa shape index (κ1) is 6.36. The van der Waals surface area contributed by atoms with E-state index in [4.69, 9.17) is 0 Å². The highest BCUT2D eigenvalue weighted by Gasteiger charge is 1.99. The van der Waals surface area contributed by atoms with Crippen LogP contribution in [0.2, 0.25) is 0 Å². The number of hydrogen-bond acceptors (Lipinski definition) is 0. The summed E-state index contributed by atoms with van der Waals surface area (Å²) in [7, 11) is 0. The van der Waals surface area contributed by atoms with Crippen molar-refractivity contribution in [1.29, 1.82) is 0 Å². The van der Waals surface area contributed by atoms with Crippen molar-refractivity contribution in [3.05, 3.63) is 24.0 Å². The van der Waals surface area contributed by atoms with Gasteiger partial charge in [-0.25, -0.2) is 0 Å². The lowest BCUT2D eigenvalue weighted by Gasteiger charge is -1.92. The first-order valence-corrected chi connectivity index (χ1v) is 4.05.